The molecule has 26 heavy (non-hydrogen) atoms. The highest BCUT2D eigenvalue weighted by atomic mass is 16.1. The van der Waals surface area contributed by atoms with E-state index < -0.39 is 0 Å². The molecule has 1 saturated heterocycles. The quantitative estimate of drug-likeness (QED) is 0.886. The highest BCUT2D eigenvalue weighted by Gasteiger charge is 2.40. The molecule has 0 unspecified atom stereocenters. The van der Waals surface area contributed by atoms with Gasteiger partial charge in [-0.25, -0.2) is 4.98 Å². The fourth-order valence-corrected chi connectivity index (χ4v) is 4.40. The van der Waals surface area contributed by atoms with E-state index in [-0.39, 0.29) is 18.0 Å². The Hall–Kier alpha value is -2.21. The van der Waals surface area contributed by atoms with Crippen LogP contribution in [-0.4, -0.2) is 44.6 Å². The number of carbonyl (C=O) groups is 1. The molecule has 1 saturated carbocycles. The molecule has 6 nitrogen and oxygen atoms in total. The van der Waals surface area contributed by atoms with Gasteiger partial charge >= 0.3 is 0 Å². The summed E-state index contributed by atoms with van der Waals surface area (Å²) in [6.07, 6.45) is 7.26. The number of hydrogen-bond donors (Lipinski definition) is 2. The van der Waals surface area contributed by atoms with Gasteiger partial charge < -0.3 is 5.32 Å². The van der Waals surface area contributed by atoms with Gasteiger partial charge in [0, 0.05) is 24.2 Å². The number of carbonyl (C=O) groups excluding carboxylic acids is 1. The lowest BCUT2D eigenvalue weighted by atomic mass is 9.93. The van der Waals surface area contributed by atoms with Crippen molar-refractivity contribution in [2.24, 2.45) is 0 Å². The van der Waals surface area contributed by atoms with Crippen molar-refractivity contribution in [3.63, 3.8) is 0 Å². The number of nitrogens with one attached hydrogen (secondary N) is 2. The van der Waals surface area contributed by atoms with Crippen molar-refractivity contribution < 1.29 is 4.79 Å². The summed E-state index contributed by atoms with van der Waals surface area (Å²) in [7, 11) is 0. The molecule has 4 rings (SSSR count). The van der Waals surface area contributed by atoms with Gasteiger partial charge in [0.05, 0.1) is 6.04 Å². The van der Waals surface area contributed by atoms with Crippen LogP contribution in [0.4, 0.5) is 0 Å². The minimum absolute atomic E-state index is 0.00557. The summed E-state index contributed by atoms with van der Waals surface area (Å²) in [5, 5.41) is 10.6. The minimum atomic E-state index is 0.00557. The Morgan fingerprint density at radius 3 is 2.65 bits per heavy atom. The first-order valence-electron chi connectivity index (χ1n) is 9.71. The van der Waals surface area contributed by atoms with E-state index >= 15 is 0 Å². The molecule has 138 valence electrons. The highest BCUT2D eigenvalue weighted by molar-refractivity contribution is 5.94. The van der Waals surface area contributed by atoms with Crippen molar-refractivity contribution in [1.82, 2.24) is 25.4 Å². The number of hydrogen-bond acceptors (Lipinski definition) is 4. The van der Waals surface area contributed by atoms with E-state index in [1.54, 1.807) is 0 Å². The molecule has 1 aliphatic heterocycles. The molecule has 0 spiro atoms. The molecule has 2 atom stereocenters. The number of likely N-dealkylation sites (tertiary alicyclic amines) is 1. The zero-order valence-corrected chi connectivity index (χ0v) is 15.3. The topological polar surface area (TPSA) is 73.9 Å². The predicted octanol–water partition coefficient (Wildman–Crippen LogP) is 2.99. The van der Waals surface area contributed by atoms with Crippen molar-refractivity contribution in [3.8, 4) is 0 Å². The third-order valence-corrected chi connectivity index (χ3v) is 5.67. The lowest BCUT2D eigenvalue weighted by Crippen LogP contribution is -2.41. The minimum Gasteiger partial charge on any atom is -0.348 e. The Morgan fingerprint density at radius 1 is 1.19 bits per heavy atom. The number of aromatic nitrogens is 3. The summed E-state index contributed by atoms with van der Waals surface area (Å²) in [4.78, 5) is 19.7. The first-order chi connectivity index (χ1) is 12.7. The third kappa shape index (κ3) is 3.65. The summed E-state index contributed by atoms with van der Waals surface area (Å²) in [6, 6.07) is 10.3. The van der Waals surface area contributed by atoms with Crippen LogP contribution in [-0.2, 0) is 0 Å². The second-order valence-corrected chi connectivity index (χ2v) is 7.56. The maximum absolute atomic E-state index is 12.6. The fourth-order valence-electron chi connectivity index (χ4n) is 4.40. The summed E-state index contributed by atoms with van der Waals surface area (Å²) in [5.74, 6) is 1.72. The van der Waals surface area contributed by atoms with Crippen LogP contribution in [0.15, 0.2) is 30.3 Å². The first kappa shape index (κ1) is 17.2. The van der Waals surface area contributed by atoms with Crippen molar-refractivity contribution in [2.75, 3.05) is 6.54 Å². The van der Waals surface area contributed by atoms with Gasteiger partial charge in [0.15, 0.2) is 5.82 Å². The first-order valence-corrected chi connectivity index (χ1v) is 9.71. The molecule has 6 heteroatoms. The molecular weight excluding hydrogens is 326 g/mol. The van der Waals surface area contributed by atoms with Gasteiger partial charge in [-0.15, -0.1) is 0 Å². The van der Waals surface area contributed by atoms with E-state index in [2.05, 4.69) is 25.4 Å². The van der Waals surface area contributed by atoms with Crippen molar-refractivity contribution in [3.05, 3.63) is 47.5 Å². The summed E-state index contributed by atoms with van der Waals surface area (Å²) >= 11 is 0. The molecule has 0 bridgehead atoms. The predicted molar refractivity (Wildman–Crippen MR) is 99.8 cm³/mol. The number of benzene rings is 1. The second kappa shape index (κ2) is 7.58. The van der Waals surface area contributed by atoms with E-state index in [0.29, 0.717) is 11.6 Å². The van der Waals surface area contributed by atoms with Gasteiger partial charge in [-0.05, 0) is 38.3 Å². The van der Waals surface area contributed by atoms with E-state index in [9.17, 15) is 4.79 Å². The largest absolute Gasteiger partial charge is 0.348 e. The zero-order valence-electron chi connectivity index (χ0n) is 15.3. The van der Waals surface area contributed by atoms with Crippen molar-refractivity contribution in [1.29, 1.82) is 0 Å². The summed E-state index contributed by atoms with van der Waals surface area (Å²) < 4.78 is 0. The van der Waals surface area contributed by atoms with E-state index in [0.717, 1.165) is 24.6 Å². The molecular formula is C20H27N5O. The molecule has 2 aromatic rings. The van der Waals surface area contributed by atoms with Gasteiger partial charge in [-0.3, -0.25) is 14.8 Å². The smallest absolute Gasteiger partial charge is 0.251 e. The number of rotatable bonds is 4. The van der Waals surface area contributed by atoms with Crippen LogP contribution in [0.2, 0.25) is 0 Å². The average Bonchev–Trinajstić information content (AvgIpc) is 3.29. The Bertz CT molecular complexity index is 738. The van der Waals surface area contributed by atoms with Gasteiger partial charge in [0.1, 0.15) is 5.82 Å². The average molecular weight is 353 g/mol. The maximum atomic E-state index is 12.6. The van der Waals surface area contributed by atoms with Crippen LogP contribution < -0.4 is 5.32 Å². The standard InChI is InChI=1S/C20H27N5O/c1-14-21-19(24-23-14)18-12-16(13-25(18)17-10-6-3-7-11-17)22-20(26)15-8-4-2-5-9-15/h2,4-5,8-9,16-18H,3,6-7,10-13H2,1H3,(H,22,26)(H,21,23,24)/t16-,18-/m0/s1. The van der Waals surface area contributed by atoms with E-state index in [1.807, 2.05) is 37.3 Å². The molecule has 2 fully saturated rings. The lowest BCUT2D eigenvalue weighted by Gasteiger charge is -2.34. The summed E-state index contributed by atoms with van der Waals surface area (Å²) in [6.45, 7) is 2.81. The number of amides is 1. The van der Waals surface area contributed by atoms with Gasteiger partial charge in [-0.1, -0.05) is 37.5 Å². The van der Waals surface area contributed by atoms with Crippen LogP contribution in [0, 0.1) is 6.92 Å². The number of aryl methyl sites for hydroxylation is 1. The van der Waals surface area contributed by atoms with E-state index in [4.69, 9.17) is 0 Å². The molecule has 1 aliphatic carbocycles. The SMILES string of the molecule is Cc1nc([C@@H]2C[C@H](NC(=O)c3ccccc3)CN2C2CCCCC2)n[nH]1. The Morgan fingerprint density at radius 2 is 1.96 bits per heavy atom. The van der Waals surface area contributed by atoms with Crippen LogP contribution in [0.3, 0.4) is 0 Å². The molecule has 1 aromatic carbocycles. The normalized spacial score (nSPS) is 24.7. The molecule has 2 aliphatic rings. The molecule has 2 N–H and O–H groups in total. The lowest BCUT2D eigenvalue weighted by molar-refractivity contribution is 0.0933. The molecule has 1 amide bonds. The molecule has 1 aromatic heterocycles. The van der Waals surface area contributed by atoms with Gasteiger partial charge in [0.25, 0.3) is 5.91 Å². The third-order valence-electron chi connectivity index (χ3n) is 5.67. The van der Waals surface area contributed by atoms with Crippen molar-refractivity contribution in [2.45, 2.75) is 63.6 Å². The van der Waals surface area contributed by atoms with Crippen LogP contribution in [0.5, 0.6) is 0 Å². The number of nitrogens with zero attached hydrogens (tertiary/aromatic N) is 3. The maximum Gasteiger partial charge on any atom is 0.251 e. The van der Waals surface area contributed by atoms with Crippen LogP contribution in [0.1, 0.15) is 66.6 Å². The summed E-state index contributed by atoms with van der Waals surface area (Å²) in [5.41, 5.74) is 0.717. The Balaban J connectivity index is 1.50. The molecule has 2 heterocycles. The molecule has 0 radical (unpaired) electrons. The Labute approximate surface area is 154 Å². The van der Waals surface area contributed by atoms with Gasteiger partial charge in [0.2, 0.25) is 0 Å². The van der Waals surface area contributed by atoms with Crippen LogP contribution >= 0.6 is 0 Å². The Kier molecular flexibility index (Phi) is 5.02. The van der Waals surface area contributed by atoms with E-state index in [1.165, 1.54) is 32.1 Å². The number of H-pyrrole nitrogens is 1. The second-order valence-electron chi connectivity index (χ2n) is 7.56. The van der Waals surface area contributed by atoms with Crippen LogP contribution in [0.25, 0.3) is 0 Å². The van der Waals surface area contributed by atoms with Gasteiger partial charge in [-0.2, -0.15) is 5.10 Å². The zero-order chi connectivity index (χ0) is 17.9. The number of aromatic amines is 1. The fraction of sp³-hybridized carbons (Fsp3) is 0.550. The van der Waals surface area contributed by atoms with Crippen molar-refractivity contribution >= 4 is 5.91 Å². The monoisotopic (exact) mass is 353 g/mol. The highest BCUT2D eigenvalue weighted by Crippen LogP contribution is 2.36.